The molecule has 6 heteroatoms. The number of halogens is 2. The molecule has 0 atom stereocenters. The third-order valence-electron chi connectivity index (χ3n) is 5.97. The van der Waals surface area contributed by atoms with Crippen LogP contribution in [0.4, 0.5) is 4.39 Å². The molecule has 2 fully saturated rings. The second kappa shape index (κ2) is 8.50. The largest absolute Gasteiger partial charge is 0.496 e. The molecule has 2 aliphatic rings. The predicted molar refractivity (Wildman–Crippen MR) is 111 cm³/mol. The number of rotatable bonds is 3. The molecule has 0 aliphatic carbocycles. The van der Waals surface area contributed by atoms with Crippen LogP contribution in [0.25, 0.3) is 11.1 Å². The molecule has 0 radical (unpaired) electrons. The van der Waals surface area contributed by atoms with Gasteiger partial charge in [-0.1, -0.05) is 12.1 Å². The summed E-state index contributed by atoms with van der Waals surface area (Å²) >= 11 is 0. The van der Waals surface area contributed by atoms with Gasteiger partial charge in [0.1, 0.15) is 11.6 Å². The Kier molecular flexibility index (Phi) is 6.26. The van der Waals surface area contributed by atoms with E-state index in [1.165, 1.54) is 12.1 Å². The van der Waals surface area contributed by atoms with Crippen LogP contribution in [0.1, 0.15) is 29.6 Å². The van der Waals surface area contributed by atoms with Crippen molar-refractivity contribution in [1.29, 1.82) is 0 Å². The molecular formula is C22H26ClFN2O2. The number of methoxy groups -OCH3 is 1. The highest BCUT2D eigenvalue weighted by Crippen LogP contribution is 2.39. The maximum atomic E-state index is 13.7. The van der Waals surface area contributed by atoms with Crippen LogP contribution >= 0.6 is 12.4 Å². The van der Waals surface area contributed by atoms with E-state index in [1.807, 2.05) is 29.2 Å². The zero-order valence-electron chi connectivity index (χ0n) is 16.0. The SMILES string of the molecule is COc1ccc(F)cc1-c1cccc(C(=O)N2CCC3(CCNCC3)C2)c1.Cl. The van der Waals surface area contributed by atoms with E-state index in [4.69, 9.17) is 4.74 Å². The van der Waals surface area contributed by atoms with Gasteiger partial charge in [0.15, 0.2) is 0 Å². The fourth-order valence-electron chi connectivity index (χ4n) is 4.38. The van der Waals surface area contributed by atoms with Crippen molar-refractivity contribution in [2.45, 2.75) is 19.3 Å². The van der Waals surface area contributed by atoms with E-state index < -0.39 is 0 Å². The molecule has 4 rings (SSSR count). The van der Waals surface area contributed by atoms with Crippen LogP contribution in [0.15, 0.2) is 42.5 Å². The highest BCUT2D eigenvalue weighted by atomic mass is 35.5. The Morgan fingerprint density at radius 2 is 1.93 bits per heavy atom. The number of piperidine rings is 1. The van der Waals surface area contributed by atoms with Gasteiger partial charge < -0.3 is 15.0 Å². The Balaban J connectivity index is 0.00000225. The van der Waals surface area contributed by atoms with Crippen LogP contribution < -0.4 is 10.1 Å². The lowest BCUT2D eigenvalue weighted by Crippen LogP contribution is -2.39. The standard InChI is InChI=1S/C22H25FN2O2.ClH/c1-27-20-6-5-18(23)14-19(20)16-3-2-4-17(13-16)21(26)25-12-9-22(15-25)7-10-24-11-8-22;/h2-6,13-14,24H,7-12,15H2,1H3;1H. The molecule has 1 amide bonds. The number of likely N-dealkylation sites (tertiary alicyclic amines) is 1. The average molecular weight is 405 g/mol. The minimum Gasteiger partial charge on any atom is -0.496 e. The minimum absolute atomic E-state index is 0. The summed E-state index contributed by atoms with van der Waals surface area (Å²) in [6.45, 7) is 3.72. The van der Waals surface area contributed by atoms with E-state index in [9.17, 15) is 9.18 Å². The van der Waals surface area contributed by atoms with E-state index >= 15 is 0 Å². The molecule has 0 saturated carbocycles. The monoisotopic (exact) mass is 404 g/mol. The second-order valence-electron chi connectivity index (χ2n) is 7.65. The molecule has 4 nitrogen and oxygen atoms in total. The molecule has 2 aliphatic heterocycles. The van der Waals surface area contributed by atoms with Crippen molar-refractivity contribution in [3.05, 3.63) is 53.8 Å². The molecule has 0 aromatic heterocycles. The maximum absolute atomic E-state index is 13.7. The topological polar surface area (TPSA) is 41.6 Å². The smallest absolute Gasteiger partial charge is 0.253 e. The predicted octanol–water partition coefficient (Wildman–Crippen LogP) is 4.14. The van der Waals surface area contributed by atoms with Crippen LogP contribution in [0.5, 0.6) is 5.75 Å². The molecule has 0 unspecified atom stereocenters. The van der Waals surface area contributed by atoms with Gasteiger partial charge in [0.25, 0.3) is 5.91 Å². The lowest BCUT2D eigenvalue weighted by Gasteiger charge is -2.33. The van der Waals surface area contributed by atoms with Crippen LogP contribution in [0.2, 0.25) is 0 Å². The van der Waals surface area contributed by atoms with Gasteiger partial charge in [-0.2, -0.15) is 0 Å². The van der Waals surface area contributed by atoms with Crippen LogP contribution in [0.3, 0.4) is 0 Å². The van der Waals surface area contributed by atoms with Crippen molar-refractivity contribution in [2.24, 2.45) is 5.41 Å². The molecular weight excluding hydrogens is 379 g/mol. The molecule has 2 aromatic rings. The highest BCUT2D eigenvalue weighted by Gasteiger charge is 2.40. The fraction of sp³-hybridized carbons (Fsp3) is 0.409. The molecule has 2 aromatic carbocycles. The normalized spacial score (nSPS) is 18.0. The van der Waals surface area contributed by atoms with E-state index in [2.05, 4.69) is 5.32 Å². The lowest BCUT2D eigenvalue weighted by atomic mass is 9.78. The Morgan fingerprint density at radius 3 is 2.68 bits per heavy atom. The van der Waals surface area contributed by atoms with Gasteiger partial charge >= 0.3 is 0 Å². The number of carbonyl (C=O) groups excluding carboxylic acids is 1. The summed E-state index contributed by atoms with van der Waals surface area (Å²) < 4.78 is 19.1. The number of benzene rings is 2. The van der Waals surface area contributed by atoms with Gasteiger partial charge in [0.05, 0.1) is 7.11 Å². The number of carbonyl (C=O) groups is 1. The lowest BCUT2D eigenvalue weighted by molar-refractivity contribution is 0.0762. The Bertz CT molecular complexity index is 852. The molecule has 1 spiro atoms. The first-order valence-electron chi connectivity index (χ1n) is 9.54. The van der Waals surface area contributed by atoms with Crippen molar-refractivity contribution in [1.82, 2.24) is 10.2 Å². The number of ether oxygens (including phenoxy) is 1. The molecule has 2 heterocycles. The molecule has 0 bridgehead atoms. The summed E-state index contributed by atoms with van der Waals surface area (Å²) in [5.74, 6) is 0.327. The van der Waals surface area contributed by atoms with Gasteiger partial charge in [0, 0.05) is 24.2 Å². The third-order valence-corrected chi connectivity index (χ3v) is 5.97. The first-order chi connectivity index (χ1) is 13.1. The minimum atomic E-state index is -0.324. The van der Waals surface area contributed by atoms with E-state index in [0.29, 0.717) is 16.9 Å². The molecule has 2 saturated heterocycles. The fourth-order valence-corrected chi connectivity index (χ4v) is 4.38. The summed E-state index contributed by atoms with van der Waals surface area (Å²) in [5, 5.41) is 3.41. The average Bonchev–Trinajstić information content (AvgIpc) is 3.11. The second-order valence-corrected chi connectivity index (χ2v) is 7.65. The molecule has 28 heavy (non-hydrogen) atoms. The zero-order chi connectivity index (χ0) is 18.9. The van der Waals surface area contributed by atoms with E-state index in [1.54, 1.807) is 13.2 Å². The highest BCUT2D eigenvalue weighted by molar-refractivity contribution is 5.96. The molecule has 1 N–H and O–H groups in total. The van der Waals surface area contributed by atoms with Crippen LogP contribution in [-0.2, 0) is 0 Å². The van der Waals surface area contributed by atoms with E-state index in [0.717, 1.165) is 51.0 Å². The third kappa shape index (κ3) is 4.01. The van der Waals surface area contributed by atoms with Gasteiger partial charge in [-0.05, 0) is 73.7 Å². The van der Waals surface area contributed by atoms with Crippen molar-refractivity contribution < 1.29 is 13.9 Å². The van der Waals surface area contributed by atoms with Crippen LogP contribution in [-0.4, -0.2) is 44.1 Å². The van der Waals surface area contributed by atoms with Gasteiger partial charge in [-0.25, -0.2) is 4.39 Å². The van der Waals surface area contributed by atoms with Crippen molar-refractivity contribution in [3.8, 4) is 16.9 Å². The summed E-state index contributed by atoms with van der Waals surface area (Å²) in [4.78, 5) is 15.1. The Labute approximate surface area is 171 Å². The Hall–Kier alpha value is -2.11. The number of hydrogen-bond acceptors (Lipinski definition) is 3. The summed E-state index contributed by atoms with van der Waals surface area (Å²) in [7, 11) is 1.56. The van der Waals surface area contributed by atoms with Crippen molar-refractivity contribution in [3.63, 3.8) is 0 Å². The van der Waals surface area contributed by atoms with Gasteiger partial charge in [-0.3, -0.25) is 4.79 Å². The molecule has 150 valence electrons. The maximum Gasteiger partial charge on any atom is 0.253 e. The van der Waals surface area contributed by atoms with Crippen molar-refractivity contribution >= 4 is 18.3 Å². The van der Waals surface area contributed by atoms with Crippen LogP contribution in [0, 0.1) is 11.2 Å². The first kappa shape index (κ1) is 20.6. The first-order valence-corrected chi connectivity index (χ1v) is 9.54. The van der Waals surface area contributed by atoms with E-state index in [-0.39, 0.29) is 29.5 Å². The quantitative estimate of drug-likeness (QED) is 0.835. The van der Waals surface area contributed by atoms with Gasteiger partial charge in [-0.15, -0.1) is 12.4 Å². The van der Waals surface area contributed by atoms with Crippen molar-refractivity contribution in [2.75, 3.05) is 33.3 Å². The number of hydrogen-bond donors (Lipinski definition) is 1. The van der Waals surface area contributed by atoms with Gasteiger partial charge in [0.2, 0.25) is 0 Å². The summed E-state index contributed by atoms with van der Waals surface area (Å²) in [5.41, 5.74) is 2.37. The Morgan fingerprint density at radius 1 is 1.14 bits per heavy atom. The summed E-state index contributed by atoms with van der Waals surface area (Å²) in [6, 6.07) is 11.8. The summed E-state index contributed by atoms with van der Waals surface area (Å²) in [6.07, 6.45) is 3.35. The number of nitrogens with zero attached hydrogens (tertiary/aromatic N) is 1. The zero-order valence-corrected chi connectivity index (χ0v) is 16.9. The number of amides is 1. The number of nitrogens with one attached hydrogen (secondary N) is 1.